The van der Waals surface area contributed by atoms with Crippen LogP contribution in [0.3, 0.4) is 0 Å². The number of fused-ring (bicyclic) bond motifs is 3. The summed E-state index contributed by atoms with van der Waals surface area (Å²) in [6.45, 7) is 9.89. The summed E-state index contributed by atoms with van der Waals surface area (Å²) in [5.74, 6) is 1.12. The molecule has 1 nitrogen and oxygen atoms in total. The summed E-state index contributed by atoms with van der Waals surface area (Å²) >= 11 is 0. The van der Waals surface area contributed by atoms with Gasteiger partial charge in [0.15, 0.2) is 0 Å². The van der Waals surface area contributed by atoms with Crippen molar-refractivity contribution < 1.29 is 0 Å². The van der Waals surface area contributed by atoms with Crippen molar-refractivity contribution in [3.05, 3.63) is 181 Å². The van der Waals surface area contributed by atoms with Crippen LogP contribution < -0.4 is 4.90 Å². The number of hydrogen-bond acceptors (Lipinski definition) is 1. The third-order valence-electron chi connectivity index (χ3n) is 14.1. The van der Waals surface area contributed by atoms with Crippen molar-refractivity contribution >= 4 is 43.7 Å². The fourth-order valence-electron chi connectivity index (χ4n) is 11.1. The van der Waals surface area contributed by atoms with E-state index in [1.807, 2.05) is 0 Å². The minimum atomic E-state index is 0.0175. The molecular weight excluding hydrogens is 699 g/mol. The third kappa shape index (κ3) is 5.36. The van der Waals surface area contributed by atoms with Crippen LogP contribution in [0.2, 0.25) is 0 Å². The van der Waals surface area contributed by atoms with Crippen molar-refractivity contribution in [2.45, 2.75) is 58.4 Å². The van der Waals surface area contributed by atoms with Crippen LogP contribution in [0, 0.1) is 11.3 Å². The Kier molecular flexibility index (Phi) is 7.96. The quantitative estimate of drug-likeness (QED) is 0.159. The van der Waals surface area contributed by atoms with Crippen molar-refractivity contribution in [2.75, 3.05) is 4.90 Å². The van der Waals surface area contributed by atoms with Gasteiger partial charge in [0, 0.05) is 22.8 Å². The summed E-state index contributed by atoms with van der Waals surface area (Å²) in [5.41, 5.74) is 14.6. The standard InChI is InChI=1S/C57H49N/c1-56(2,3)41-31-32-57(4)52(34-41)51-33-40(25-30-53(51)58(57)42-23-15-8-16-24-42)50-36-49(39-21-13-7-14-22-39)45-27-26-43-47(37-17-9-5-10-18-37)35-48(38-19-11-6-12-20-38)44-28-29-46(50)55(45)54(43)44/h5-30,33,35-36,41,52H,31-32,34H2,1-4H3. The normalized spacial score (nSPS) is 19.2. The molecule has 0 spiro atoms. The fourth-order valence-corrected chi connectivity index (χ4v) is 11.1. The summed E-state index contributed by atoms with van der Waals surface area (Å²) < 4.78 is 0. The molecule has 3 unspecified atom stereocenters. The molecular formula is C57H49N. The molecule has 1 saturated carbocycles. The summed E-state index contributed by atoms with van der Waals surface area (Å²) in [6, 6.07) is 66.1. The predicted octanol–water partition coefficient (Wildman–Crippen LogP) is 16.1. The van der Waals surface area contributed by atoms with Crippen molar-refractivity contribution in [3.8, 4) is 44.5 Å². The van der Waals surface area contributed by atoms with Crippen LogP contribution in [0.25, 0.3) is 76.8 Å². The monoisotopic (exact) mass is 747 g/mol. The van der Waals surface area contributed by atoms with Crippen molar-refractivity contribution in [1.29, 1.82) is 0 Å². The predicted molar refractivity (Wildman–Crippen MR) is 248 cm³/mol. The topological polar surface area (TPSA) is 3.24 Å². The summed E-state index contributed by atoms with van der Waals surface area (Å²) in [7, 11) is 0. The van der Waals surface area contributed by atoms with Crippen LogP contribution in [0.15, 0.2) is 176 Å². The van der Waals surface area contributed by atoms with E-state index >= 15 is 0 Å². The molecule has 11 rings (SSSR count). The van der Waals surface area contributed by atoms with Gasteiger partial charge in [-0.15, -0.1) is 0 Å². The Morgan fingerprint density at radius 1 is 0.483 bits per heavy atom. The molecule has 0 bridgehead atoms. The molecule has 0 aromatic heterocycles. The van der Waals surface area contributed by atoms with Crippen molar-refractivity contribution in [2.24, 2.45) is 11.3 Å². The number of benzene rings is 9. The average Bonchev–Trinajstić information content (AvgIpc) is 3.53. The van der Waals surface area contributed by atoms with Gasteiger partial charge < -0.3 is 4.90 Å². The fraction of sp³-hybridized carbons (Fsp3) is 0.193. The maximum Gasteiger partial charge on any atom is 0.0492 e. The lowest BCUT2D eigenvalue weighted by atomic mass is 9.62. The van der Waals surface area contributed by atoms with E-state index in [0.717, 1.165) is 0 Å². The number of para-hydroxylation sites is 1. The first kappa shape index (κ1) is 35.0. The molecule has 0 amide bonds. The van der Waals surface area contributed by atoms with Gasteiger partial charge in [-0.25, -0.2) is 0 Å². The summed E-state index contributed by atoms with van der Waals surface area (Å²) in [5, 5.41) is 7.91. The van der Waals surface area contributed by atoms with E-state index in [-0.39, 0.29) is 11.0 Å². The maximum absolute atomic E-state index is 2.70. The van der Waals surface area contributed by atoms with E-state index in [0.29, 0.717) is 11.8 Å². The summed E-state index contributed by atoms with van der Waals surface area (Å²) in [4.78, 5) is 2.70. The Hall–Kier alpha value is -6.18. The largest absolute Gasteiger partial charge is 0.335 e. The minimum Gasteiger partial charge on any atom is -0.335 e. The second kappa shape index (κ2) is 13.2. The molecule has 3 atom stereocenters. The highest BCUT2D eigenvalue weighted by Crippen LogP contribution is 2.61. The molecule has 1 fully saturated rings. The van der Waals surface area contributed by atoms with Crippen molar-refractivity contribution in [3.63, 3.8) is 0 Å². The average molecular weight is 748 g/mol. The van der Waals surface area contributed by atoms with E-state index in [2.05, 4.69) is 209 Å². The van der Waals surface area contributed by atoms with Crippen LogP contribution in [-0.2, 0) is 0 Å². The third-order valence-corrected chi connectivity index (χ3v) is 14.1. The first-order chi connectivity index (χ1) is 28.3. The zero-order valence-corrected chi connectivity index (χ0v) is 34.0. The van der Waals surface area contributed by atoms with E-state index < -0.39 is 0 Å². The van der Waals surface area contributed by atoms with Gasteiger partial charge in [0.25, 0.3) is 0 Å². The lowest BCUT2D eigenvalue weighted by molar-refractivity contribution is 0.127. The van der Waals surface area contributed by atoms with Gasteiger partial charge in [-0.05, 0) is 156 Å². The highest BCUT2D eigenvalue weighted by Gasteiger charge is 2.53. The zero-order valence-electron chi connectivity index (χ0n) is 34.0. The van der Waals surface area contributed by atoms with Crippen LogP contribution in [-0.4, -0.2) is 5.54 Å². The van der Waals surface area contributed by atoms with E-state index in [1.54, 1.807) is 0 Å². The first-order valence-corrected chi connectivity index (χ1v) is 21.2. The molecule has 0 saturated heterocycles. The molecule has 9 aromatic carbocycles. The Morgan fingerprint density at radius 3 is 1.36 bits per heavy atom. The van der Waals surface area contributed by atoms with Gasteiger partial charge in [-0.2, -0.15) is 0 Å². The smallest absolute Gasteiger partial charge is 0.0492 e. The van der Waals surface area contributed by atoms with Gasteiger partial charge in [0.05, 0.1) is 0 Å². The lowest BCUT2D eigenvalue weighted by Crippen LogP contribution is -2.48. The Morgan fingerprint density at radius 2 is 0.914 bits per heavy atom. The van der Waals surface area contributed by atoms with Gasteiger partial charge in [-0.1, -0.05) is 160 Å². The molecule has 1 aliphatic carbocycles. The maximum atomic E-state index is 2.70. The lowest BCUT2D eigenvalue weighted by Gasteiger charge is -2.49. The number of nitrogens with zero attached hydrogens (tertiary/aromatic N) is 1. The molecule has 1 heteroatoms. The van der Waals surface area contributed by atoms with Crippen molar-refractivity contribution in [1.82, 2.24) is 0 Å². The molecule has 1 heterocycles. The van der Waals surface area contributed by atoms with Crippen LogP contribution in [0.4, 0.5) is 11.4 Å². The Balaban J connectivity index is 1.21. The molecule has 58 heavy (non-hydrogen) atoms. The molecule has 1 aliphatic heterocycles. The number of anilines is 2. The molecule has 0 N–H and O–H groups in total. The van der Waals surface area contributed by atoms with Gasteiger partial charge >= 0.3 is 0 Å². The zero-order chi connectivity index (χ0) is 39.2. The van der Waals surface area contributed by atoms with E-state index in [4.69, 9.17) is 0 Å². The minimum absolute atomic E-state index is 0.0175. The molecule has 282 valence electrons. The SMILES string of the molecule is CC(C)(C)C1CCC2(C)C(C1)c1cc(-c3cc(-c4ccccc4)c4ccc5c(-c6ccccc6)cc(-c6ccccc6)c6ccc3c4c56)ccc1N2c1ccccc1. The van der Waals surface area contributed by atoms with E-state index in [9.17, 15) is 0 Å². The second-order valence-electron chi connectivity index (χ2n) is 18.3. The molecule has 2 aliphatic rings. The van der Waals surface area contributed by atoms with Crippen LogP contribution >= 0.6 is 0 Å². The molecule has 0 radical (unpaired) electrons. The van der Waals surface area contributed by atoms with Crippen LogP contribution in [0.1, 0.15) is 58.4 Å². The summed E-state index contributed by atoms with van der Waals surface area (Å²) in [6.07, 6.45) is 3.65. The highest BCUT2D eigenvalue weighted by molar-refractivity contribution is 6.32. The number of hydrogen-bond donors (Lipinski definition) is 0. The van der Waals surface area contributed by atoms with Gasteiger partial charge in [0.1, 0.15) is 0 Å². The van der Waals surface area contributed by atoms with Gasteiger partial charge in [0.2, 0.25) is 0 Å². The van der Waals surface area contributed by atoms with Gasteiger partial charge in [-0.3, -0.25) is 0 Å². The van der Waals surface area contributed by atoms with Crippen LogP contribution in [0.5, 0.6) is 0 Å². The molecule has 9 aromatic rings. The second-order valence-corrected chi connectivity index (χ2v) is 18.3. The highest BCUT2D eigenvalue weighted by atomic mass is 15.2. The van der Waals surface area contributed by atoms with E-state index in [1.165, 1.54) is 113 Å². The first-order valence-electron chi connectivity index (χ1n) is 21.2. The Labute approximate surface area is 343 Å². The Bertz CT molecular complexity index is 2900. The number of rotatable bonds is 5.